The molecule has 0 spiro atoms. The number of carbonyl (C=O) groups is 1. The van der Waals surface area contributed by atoms with E-state index in [0.29, 0.717) is 19.3 Å². The van der Waals surface area contributed by atoms with E-state index >= 15 is 0 Å². The molecule has 23 heavy (non-hydrogen) atoms. The predicted molar refractivity (Wildman–Crippen MR) is 100 cm³/mol. The number of hydrogen-bond donors (Lipinski definition) is 0. The summed E-state index contributed by atoms with van der Waals surface area (Å²) in [6.07, 6.45) is 20.5. The number of esters is 1. The number of rotatable bonds is 14. The van der Waals surface area contributed by atoms with Crippen molar-refractivity contribution < 1.29 is 16.4 Å². The first-order valence-electron chi connectivity index (χ1n) is 10.9. The highest BCUT2D eigenvalue weighted by atomic mass is 16.5. The Bertz CT molecular complexity index is 531. The van der Waals surface area contributed by atoms with Gasteiger partial charge in [-0.3, -0.25) is 4.79 Å². The molecule has 0 bridgehead atoms. The molecule has 0 unspecified atom stereocenters. The van der Waals surface area contributed by atoms with Gasteiger partial charge in [0.1, 0.15) is 0 Å². The van der Waals surface area contributed by atoms with Gasteiger partial charge in [0.2, 0.25) is 0 Å². The normalized spacial score (nSPS) is 16.7. The van der Waals surface area contributed by atoms with Crippen molar-refractivity contribution in [2.45, 2.75) is 71.0 Å². The maximum atomic E-state index is 10.9. The molecule has 0 aliphatic carbocycles. The molecule has 0 aromatic carbocycles. The Labute approximate surface area is 150 Å². The van der Waals surface area contributed by atoms with E-state index < -0.39 is 13.2 Å². The van der Waals surface area contributed by atoms with Gasteiger partial charge in [-0.2, -0.15) is 0 Å². The van der Waals surface area contributed by atoms with E-state index in [2.05, 4.69) is 41.2 Å². The summed E-state index contributed by atoms with van der Waals surface area (Å²) < 4.78 is 41.1. The van der Waals surface area contributed by atoms with Crippen molar-refractivity contribution in [1.82, 2.24) is 0 Å². The summed E-state index contributed by atoms with van der Waals surface area (Å²) in [5.74, 6) is -0.161. The quantitative estimate of drug-likeness (QED) is 0.213. The van der Waals surface area contributed by atoms with Crippen LogP contribution in [0.3, 0.4) is 0 Å². The van der Waals surface area contributed by atoms with Crippen LogP contribution < -0.4 is 0 Å². The van der Waals surface area contributed by atoms with Gasteiger partial charge in [-0.15, -0.1) is 0 Å². The van der Waals surface area contributed by atoms with E-state index in [1.807, 2.05) is 12.2 Å². The van der Waals surface area contributed by atoms with Crippen LogP contribution in [0.2, 0.25) is 0 Å². The van der Waals surface area contributed by atoms with Gasteiger partial charge < -0.3 is 4.74 Å². The van der Waals surface area contributed by atoms with Crippen molar-refractivity contribution in [3.8, 4) is 0 Å². The Morgan fingerprint density at radius 1 is 0.870 bits per heavy atom. The molecule has 0 aromatic heterocycles. The number of ether oxygens (including phenoxy) is 1. The molecule has 0 saturated carbocycles. The molecule has 0 aromatic rings. The van der Waals surface area contributed by atoms with Gasteiger partial charge >= 0.3 is 5.97 Å². The fraction of sp³-hybridized carbons (Fsp3) is 0.571. The molecule has 0 atom stereocenters. The Balaban J connectivity index is 3.65. The number of hydrogen-bond acceptors (Lipinski definition) is 2. The lowest BCUT2D eigenvalue weighted by Crippen LogP contribution is -1.98. The third kappa shape index (κ3) is 18.4. The molecule has 0 heterocycles. The van der Waals surface area contributed by atoms with Crippen molar-refractivity contribution >= 4 is 5.97 Å². The van der Waals surface area contributed by atoms with Crippen LogP contribution in [0.1, 0.15) is 77.9 Å². The van der Waals surface area contributed by atoms with E-state index in [1.54, 1.807) is 0 Å². The Morgan fingerprint density at radius 3 is 1.91 bits per heavy atom. The van der Waals surface area contributed by atoms with E-state index in [9.17, 15) is 4.79 Å². The monoisotopic (exact) mass is 323 g/mol. The minimum atomic E-state index is -2.55. The first-order chi connectivity index (χ1) is 13.2. The Hall–Kier alpha value is -1.57. The maximum Gasteiger partial charge on any atom is 0.305 e. The first kappa shape index (κ1) is 13.8. The van der Waals surface area contributed by atoms with Crippen LogP contribution in [0, 0.1) is 0 Å². The second kappa shape index (κ2) is 18.5. The van der Waals surface area contributed by atoms with E-state index in [-0.39, 0.29) is 12.4 Å². The van der Waals surface area contributed by atoms with E-state index in [4.69, 9.17) is 6.85 Å². The standard InChI is InChI=1S/C21H34O2/c1-3-4-5-6-7-8-9-10-11-12-13-14-15-16-17-18-19-20-21(22)23-2/h7-8,10-11,13-14,16-17H,3-6,9,12,15,18-20H2,1-2H3/b8-7+,11-10+,14-13+,17-16+/i1D3,3D2. The molecular formula is C21H34O2. The summed E-state index contributed by atoms with van der Waals surface area (Å²) in [6.45, 7) is -2.55. The molecule has 0 N–H and O–H groups in total. The average Bonchev–Trinajstić information content (AvgIpc) is 2.62. The zero-order valence-electron chi connectivity index (χ0n) is 19.3. The summed E-state index contributed by atoms with van der Waals surface area (Å²) >= 11 is 0. The Morgan fingerprint density at radius 2 is 1.39 bits per heavy atom. The van der Waals surface area contributed by atoms with Crippen molar-refractivity contribution in [2.75, 3.05) is 7.11 Å². The minimum absolute atomic E-state index is 0.0498. The minimum Gasteiger partial charge on any atom is -0.469 e. The van der Waals surface area contributed by atoms with Gasteiger partial charge in [-0.25, -0.2) is 0 Å². The van der Waals surface area contributed by atoms with Gasteiger partial charge in [-0.05, 0) is 44.9 Å². The van der Waals surface area contributed by atoms with Gasteiger partial charge in [0.25, 0.3) is 0 Å². The van der Waals surface area contributed by atoms with Crippen LogP contribution in [-0.4, -0.2) is 13.1 Å². The summed E-state index contributed by atoms with van der Waals surface area (Å²) in [4.78, 5) is 10.9. The zero-order chi connectivity index (χ0) is 21.3. The van der Waals surface area contributed by atoms with Crippen LogP contribution in [0.5, 0.6) is 0 Å². The lowest BCUT2D eigenvalue weighted by atomic mass is 10.2. The Kier molecular flexibility index (Phi) is 11.1. The number of methoxy groups -OCH3 is 1. The number of allylic oxidation sites excluding steroid dienone is 8. The fourth-order valence-electron chi connectivity index (χ4n) is 1.82. The summed E-state index contributed by atoms with van der Waals surface area (Å²) in [5, 5.41) is 0. The molecule has 0 radical (unpaired) electrons. The van der Waals surface area contributed by atoms with Crippen molar-refractivity contribution in [2.24, 2.45) is 0 Å². The number of unbranched alkanes of at least 4 members (excludes halogenated alkanes) is 2. The maximum absolute atomic E-state index is 10.9. The van der Waals surface area contributed by atoms with Crippen molar-refractivity contribution in [3.05, 3.63) is 48.6 Å². The summed E-state index contributed by atoms with van der Waals surface area (Å²) in [5.41, 5.74) is 0. The summed E-state index contributed by atoms with van der Waals surface area (Å²) in [6, 6.07) is 0. The highest BCUT2D eigenvalue weighted by Crippen LogP contribution is 2.01. The van der Waals surface area contributed by atoms with E-state index in [1.165, 1.54) is 7.11 Å². The van der Waals surface area contributed by atoms with Crippen LogP contribution in [-0.2, 0) is 9.53 Å². The second-order valence-electron chi connectivity index (χ2n) is 5.13. The number of carbonyl (C=O) groups excluding carboxylic acids is 1. The third-order valence-electron chi connectivity index (χ3n) is 3.14. The highest BCUT2D eigenvalue weighted by molar-refractivity contribution is 5.69. The zero-order valence-corrected chi connectivity index (χ0v) is 14.3. The SMILES string of the molecule is [2H]C([2H])([2H])C([2H])([2H])CCC/C=C/C/C=C/C/C=C/C/C=C/CCCC(=O)OC. The third-order valence-corrected chi connectivity index (χ3v) is 3.14. The molecule has 2 nitrogen and oxygen atoms in total. The molecule has 0 fully saturated rings. The molecule has 0 amide bonds. The lowest BCUT2D eigenvalue weighted by Gasteiger charge is -1.95. The molecule has 130 valence electrons. The van der Waals surface area contributed by atoms with Crippen LogP contribution in [0.4, 0.5) is 0 Å². The fourth-order valence-corrected chi connectivity index (χ4v) is 1.82. The molecule has 2 heteroatoms. The van der Waals surface area contributed by atoms with Gasteiger partial charge in [-0.1, -0.05) is 68.3 Å². The van der Waals surface area contributed by atoms with Crippen molar-refractivity contribution in [3.63, 3.8) is 0 Å². The largest absolute Gasteiger partial charge is 0.469 e. The molecule has 0 aliphatic heterocycles. The second-order valence-corrected chi connectivity index (χ2v) is 5.13. The van der Waals surface area contributed by atoms with Gasteiger partial charge in [0.05, 0.1) is 7.11 Å². The first-order valence-corrected chi connectivity index (χ1v) is 8.37. The van der Waals surface area contributed by atoms with Gasteiger partial charge in [0.15, 0.2) is 0 Å². The topological polar surface area (TPSA) is 26.3 Å². The molecule has 0 aliphatic rings. The average molecular weight is 324 g/mol. The van der Waals surface area contributed by atoms with Crippen LogP contribution in [0.25, 0.3) is 0 Å². The van der Waals surface area contributed by atoms with E-state index in [0.717, 1.165) is 32.1 Å². The van der Waals surface area contributed by atoms with Crippen LogP contribution in [0.15, 0.2) is 48.6 Å². The van der Waals surface area contributed by atoms with Gasteiger partial charge in [0, 0.05) is 13.3 Å². The summed E-state index contributed by atoms with van der Waals surface area (Å²) in [7, 11) is 1.40. The molecule has 0 rings (SSSR count). The smallest absolute Gasteiger partial charge is 0.305 e. The lowest BCUT2D eigenvalue weighted by molar-refractivity contribution is -0.140. The molecule has 0 saturated heterocycles. The highest BCUT2D eigenvalue weighted by Gasteiger charge is 1.96. The van der Waals surface area contributed by atoms with Crippen LogP contribution >= 0.6 is 0 Å². The predicted octanol–water partition coefficient (Wildman–Crippen LogP) is 6.31. The van der Waals surface area contributed by atoms with Crippen molar-refractivity contribution in [1.29, 1.82) is 0 Å². The molecular weight excluding hydrogens is 284 g/mol.